The Morgan fingerprint density at radius 1 is 1.02 bits per heavy atom. The molecule has 1 aliphatic carbocycles. The number of fused-ring (bicyclic) bond motifs is 2. The van der Waals surface area contributed by atoms with E-state index in [-0.39, 0.29) is 17.1 Å². The molecule has 1 aromatic heterocycles. The number of benzene rings is 3. The number of carbonyl (C=O) groups is 1. The standard InChI is InChI=1S/C22H17ClF3N3O.C10H13N/c23-18-4-5-19(22(24,25)26)17(9-18)12-29-7-6-27-21-20(29)10-16(11-28-21)15-3-1-2-14(8-15)13-30;1-11-10-6-8-4-2-3-5-9(8)7-10/h1-5,8-11,13H,6-7,12H2,(H,27,28);2-5,10-11H,6-7H2,1H3. The minimum atomic E-state index is -4.47. The van der Waals surface area contributed by atoms with Crippen LogP contribution in [-0.2, 0) is 25.6 Å². The van der Waals surface area contributed by atoms with Gasteiger partial charge in [0.25, 0.3) is 0 Å². The Morgan fingerprint density at radius 2 is 1.78 bits per heavy atom. The zero-order chi connectivity index (χ0) is 29.0. The third-order valence-corrected chi connectivity index (χ3v) is 7.67. The maximum Gasteiger partial charge on any atom is 0.416 e. The Balaban J connectivity index is 0.000000255. The average Bonchev–Trinajstić information content (AvgIpc) is 3.41. The number of aldehydes is 1. The van der Waals surface area contributed by atoms with Crippen LogP contribution in [-0.4, -0.2) is 37.4 Å². The summed E-state index contributed by atoms with van der Waals surface area (Å²) in [6, 6.07) is 21.9. The van der Waals surface area contributed by atoms with Gasteiger partial charge in [0, 0.05) is 48.0 Å². The molecule has 6 rings (SSSR count). The van der Waals surface area contributed by atoms with Crippen molar-refractivity contribution in [3.63, 3.8) is 0 Å². The second-order valence-electron chi connectivity index (χ2n) is 10.1. The van der Waals surface area contributed by atoms with Crippen molar-refractivity contribution in [2.45, 2.75) is 31.6 Å². The molecule has 0 atom stereocenters. The number of aromatic nitrogens is 1. The Kier molecular flexibility index (Phi) is 8.61. The highest BCUT2D eigenvalue weighted by Gasteiger charge is 2.34. The van der Waals surface area contributed by atoms with Gasteiger partial charge in [-0.25, -0.2) is 4.98 Å². The predicted octanol–water partition coefficient (Wildman–Crippen LogP) is 7.04. The Hall–Kier alpha value is -3.88. The summed E-state index contributed by atoms with van der Waals surface area (Å²) in [5.41, 5.74) is 5.26. The van der Waals surface area contributed by atoms with E-state index >= 15 is 0 Å². The lowest BCUT2D eigenvalue weighted by atomic mass is 10.0. The van der Waals surface area contributed by atoms with E-state index in [2.05, 4.69) is 39.9 Å². The van der Waals surface area contributed by atoms with Gasteiger partial charge in [0.15, 0.2) is 0 Å². The lowest BCUT2D eigenvalue weighted by molar-refractivity contribution is -0.138. The molecule has 0 unspecified atom stereocenters. The molecule has 4 aromatic rings. The van der Waals surface area contributed by atoms with Gasteiger partial charge in [-0.3, -0.25) is 4.79 Å². The summed E-state index contributed by atoms with van der Waals surface area (Å²) in [5.74, 6) is 0.604. The van der Waals surface area contributed by atoms with Crippen LogP contribution in [0, 0.1) is 0 Å². The summed E-state index contributed by atoms with van der Waals surface area (Å²) < 4.78 is 40.4. The molecule has 0 amide bonds. The Morgan fingerprint density at radius 3 is 2.46 bits per heavy atom. The van der Waals surface area contributed by atoms with Crippen LogP contribution < -0.4 is 15.5 Å². The highest BCUT2D eigenvalue weighted by molar-refractivity contribution is 6.30. The zero-order valence-corrected chi connectivity index (χ0v) is 23.3. The number of halogens is 4. The van der Waals surface area contributed by atoms with Crippen molar-refractivity contribution in [1.82, 2.24) is 10.3 Å². The van der Waals surface area contributed by atoms with Crippen LogP contribution in [0.5, 0.6) is 0 Å². The number of alkyl halides is 3. The average molecular weight is 579 g/mol. The molecule has 0 saturated heterocycles. The number of anilines is 2. The zero-order valence-electron chi connectivity index (χ0n) is 22.5. The summed E-state index contributed by atoms with van der Waals surface area (Å²) >= 11 is 5.98. The molecular weight excluding hydrogens is 549 g/mol. The number of hydrogen-bond donors (Lipinski definition) is 2. The molecular formula is C32H30ClF3N4O. The summed E-state index contributed by atoms with van der Waals surface area (Å²) in [4.78, 5) is 17.4. The predicted molar refractivity (Wildman–Crippen MR) is 158 cm³/mol. The molecule has 0 fully saturated rings. The topological polar surface area (TPSA) is 57.3 Å². The van der Waals surface area contributed by atoms with Crippen LogP contribution in [0.25, 0.3) is 11.1 Å². The van der Waals surface area contributed by atoms with E-state index in [0.717, 1.165) is 23.5 Å². The highest BCUT2D eigenvalue weighted by atomic mass is 35.5. The first-order chi connectivity index (χ1) is 19.7. The van der Waals surface area contributed by atoms with Crippen LogP contribution in [0.3, 0.4) is 0 Å². The van der Waals surface area contributed by atoms with Gasteiger partial charge in [-0.1, -0.05) is 54.1 Å². The van der Waals surface area contributed by atoms with Gasteiger partial charge < -0.3 is 15.5 Å². The van der Waals surface area contributed by atoms with Crippen molar-refractivity contribution in [1.29, 1.82) is 0 Å². The van der Waals surface area contributed by atoms with Crippen molar-refractivity contribution >= 4 is 29.4 Å². The first kappa shape index (κ1) is 28.6. The van der Waals surface area contributed by atoms with Crippen LogP contribution in [0.4, 0.5) is 24.7 Å². The fourth-order valence-electron chi connectivity index (χ4n) is 5.31. The number of pyridine rings is 1. The molecule has 2 N–H and O–H groups in total. The lowest BCUT2D eigenvalue weighted by Crippen LogP contribution is -2.34. The molecule has 2 heterocycles. The molecule has 0 saturated carbocycles. The maximum atomic E-state index is 13.5. The molecule has 0 radical (unpaired) electrons. The number of rotatable bonds is 5. The summed E-state index contributed by atoms with van der Waals surface area (Å²) in [6.45, 7) is 1.11. The van der Waals surface area contributed by atoms with Gasteiger partial charge in [0.05, 0.1) is 11.3 Å². The molecule has 0 bridgehead atoms. The minimum absolute atomic E-state index is 0.0452. The summed E-state index contributed by atoms with van der Waals surface area (Å²) in [5, 5.41) is 6.74. The van der Waals surface area contributed by atoms with Gasteiger partial charge in [-0.15, -0.1) is 0 Å². The van der Waals surface area contributed by atoms with E-state index in [1.807, 2.05) is 24.1 Å². The number of likely N-dealkylation sites (N-methyl/N-ethyl adjacent to an activating group) is 1. The van der Waals surface area contributed by atoms with Crippen LogP contribution in [0.15, 0.2) is 79.0 Å². The van der Waals surface area contributed by atoms with Crippen LogP contribution >= 0.6 is 11.6 Å². The minimum Gasteiger partial charge on any atom is -0.367 e. The van der Waals surface area contributed by atoms with Crippen molar-refractivity contribution in [3.8, 4) is 11.1 Å². The van der Waals surface area contributed by atoms with Crippen molar-refractivity contribution in [2.24, 2.45) is 0 Å². The van der Waals surface area contributed by atoms with Crippen molar-refractivity contribution in [2.75, 3.05) is 30.4 Å². The van der Waals surface area contributed by atoms with E-state index < -0.39 is 11.7 Å². The van der Waals surface area contributed by atoms with Gasteiger partial charge in [0.1, 0.15) is 12.1 Å². The quantitative estimate of drug-likeness (QED) is 0.249. The van der Waals surface area contributed by atoms with E-state index in [4.69, 9.17) is 11.6 Å². The molecule has 9 heteroatoms. The smallest absolute Gasteiger partial charge is 0.367 e. The number of nitrogens with one attached hydrogen (secondary N) is 2. The third-order valence-electron chi connectivity index (χ3n) is 7.43. The van der Waals surface area contributed by atoms with E-state index in [1.54, 1.807) is 24.4 Å². The number of hydrogen-bond acceptors (Lipinski definition) is 5. The SMILES string of the molecule is CNC1Cc2ccccc2C1.O=Cc1cccc(-c2cnc3c(c2)N(Cc2cc(Cl)ccc2C(F)(F)F)CCN3)c1. The normalized spacial score (nSPS) is 14.4. The monoisotopic (exact) mass is 578 g/mol. The van der Waals surface area contributed by atoms with Gasteiger partial charge in [0.2, 0.25) is 0 Å². The van der Waals surface area contributed by atoms with Crippen molar-refractivity contribution in [3.05, 3.63) is 112 Å². The van der Waals surface area contributed by atoms with Gasteiger partial charge >= 0.3 is 6.18 Å². The van der Waals surface area contributed by atoms with Crippen LogP contribution in [0.2, 0.25) is 5.02 Å². The molecule has 1 aliphatic heterocycles. The van der Waals surface area contributed by atoms with E-state index in [0.29, 0.717) is 36.2 Å². The third kappa shape index (κ3) is 6.72. The number of carbonyl (C=O) groups excluding carboxylic acids is 1. The fourth-order valence-corrected chi connectivity index (χ4v) is 5.51. The second-order valence-corrected chi connectivity index (χ2v) is 10.6. The maximum absolute atomic E-state index is 13.5. The first-order valence-corrected chi connectivity index (χ1v) is 13.8. The highest BCUT2D eigenvalue weighted by Crippen LogP contribution is 2.37. The summed E-state index contributed by atoms with van der Waals surface area (Å²) in [6.07, 6.45) is 0.381. The van der Waals surface area contributed by atoms with Crippen LogP contribution in [0.1, 0.15) is 32.6 Å². The number of nitrogens with zero attached hydrogens (tertiary/aromatic N) is 2. The molecule has 2 aliphatic rings. The van der Waals surface area contributed by atoms with E-state index in [9.17, 15) is 18.0 Å². The molecule has 212 valence electrons. The summed E-state index contributed by atoms with van der Waals surface area (Å²) in [7, 11) is 2.04. The largest absolute Gasteiger partial charge is 0.416 e. The molecule has 3 aromatic carbocycles. The molecule has 5 nitrogen and oxygen atoms in total. The molecule has 0 spiro atoms. The van der Waals surface area contributed by atoms with E-state index in [1.165, 1.54) is 36.1 Å². The molecule has 41 heavy (non-hydrogen) atoms. The van der Waals surface area contributed by atoms with Gasteiger partial charge in [-0.2, -0.15) is 13.2 Å². The lowest BCUT2D eigenvalue weighted by Gasteiger charge is -2.32. The Labute approximate surface area is 242 Å². The fraction of sp³-hybridized carbons (Fsp3) is 0.250. The van der Waals surface area contributed by atoms with Gasteiger partial charge in [-0.05, 0) is 72.5 Å². The second kappa shape index (κ2) is 12.3. The Bertz CT molecular complexity index is 1520. The first-order valence-electron chi connectivity index (χ1n) is 13.4. The van der Waals surface area contributed by atoms with Crippen molar-refractivity contribution < 1.29 is 18.0 Å².